The Hall–Kier alpha value is -1.20. The van der Waals surface area contributed by atoms with Crippen molar-refractivity contribution in [2.45, 2.75) is 24.3 Å². The Kier molecular flexibility index (Phi) is 5.73. The molecule has 1 amide bonds. The standard InChI is InChI=1S/C15H22N2O2S/c1-11-9-16-8-7-14(11)17-15(18)10-20-13-5-3-12(19-2)4-6-13/h3-6,11,14,16H,7-10H2,1-2H3,(H,17,18). The first kappa shape index (κ1) is 15.2. The van der Waals surface area contributed by atoms with Crippen molar-refractivity contribution in [1.29, 1.82) is 0 Å². The minimum Gasteiger partial charge on any atom is -0.497 e. The maximum Gasteiger partial charge on any atom is 0.230 e. The van der Waals surface area contributed by atoms with Gasteiger partial charge in [0, 0.05) is 10.9 Å². The smallest absolute Gasteiger partial charge is 0.230 e. The number of ether oxygens (including phenoxy) is 1. The Bertz CT molecular complexity index is 436. The van der Waals surface area contributed by atoms with Gasteiger partial charge in [-0.05, 0) is 49.7 Å². The molecule has 1 heterocycles. The van der Waals surface area contributed by atoms with Gasteiger partial charge < -0.3 is 15.4 Å². The van der Waals surface area contributed by atoms with Gasteiger partial charge in [-0.3, -0.25) is 4.79 Å². The van der Waals surface area contributed by atoms with Gasteiger partial charge in [0.1, 0.15) is 5.75 Å². The molecule has 5 heteroatoms. The van der Waals surface area contributed by atoms with Gasteiger partial charge in [-0.2, -0.15) is 0 Å². The zero-order valence-corrected chi connectivity index (χ0v) is 12.8. The second kappa shape index (κ2) is 7.55. The fraction of sp³-hybridized carbons (Fsp3) is 0.533. The summed E-state index contributed by atoms with van der Waals surface area (Å²) in [6, 6.07) is 8.08. The number of carbonyl (C=O) groups excluding carboxylic acids is 1. The first-order chi connectivity index (χ1) is 9.69. The molecule has 0 saturated carbocycles. The zero-order chi connectivity index (χ0) is 14.4. The molecule has 1 aliphatic heterocycles. The van der Waals surface area contributed by atoms with Gasteiger partial charge in [0.15, 0.2) is 0 Å². The summed E-state index contributed by atoms with van der Waals surface area (Å²) < 4.78 is 5.11. The van der Waals surface area contributed by atoms with Gasteiger partial charge in [-0.15, -0.1) is 11.8 Å². The van der Waals surface area contributed by atoms with Crippen molar-refractivity contribution < 1.29 is 9.53 Å². The molecule has 1 saturated heterocycles. The van der Waals surface area contributed by atoms with Crippen molar-refractivity contribution in [2.75, 3.05) is 26.0 Å². The van der Waals surface area contributed by atoms with Crippen LogP contribution in [0, 0.1) is 5.92 Å². The summed E-state index contributed by atoms with van der Waals surface area (Å²) in [5.41, 5.74) is 0. The van der Waals surface area contributed by atoms with Crippen LogP contribution in [0.5, 0.6) is 5.75 Å². The maximum absolute atomic E-state index is 12.0. The molecule has 4 nitrogen and oxygen atoms in total. The summed E-state index contributed by atoms with van der Waals surface area (Å²) in [4.78, 5) is 13.1. The molecule has 0 radical (unpaired) electrons. The van der Waals surface area contributed by atoms with Gasteiger partial charge in [-0.25, -0.2) is 0 Å². The highest BCUT2D eigenvalue weighted by molar-refractivity contribution is 8.00. The highest BCUT2D eigenvalue weighted by Crippen LogP contribution is 2.21. The molecule has 2 N–H and O–H groups in total. The third-order valence-electron chi connectivity index (χ3n) is 3.56. The lowest BCUT2D eigenvalue weighted by Gasteiger charge is -2.30. The quantitative estimate of drug-likeness (QED) is 0.815. The minimum atomic E-state index is 0.115. The highest BCUT2D eigenvalue weighted by atomic mass is 32.2. The number of rotatable bonds is 5. The predicted octanol–water partition coefficient (Wildman–Crippen LogP) is 1.90. The Morgan fingerprint density at radius 3 is 2.85 bits per heavy atom. The molecular formula is C15H22N2O2S. The Morgan fingerprint density at radius 2 is 2.20 bits per heavy atom. The van der Waals surface area contributed by atoms with Crippen molar-refractivity contribution in [1.82, 2.24) is 10.6 Å². The third kappa shape index (κ3) is 4.42. The van der Waals surface area contributed by atoms with Crippen LogP contribution >= 0.6 is 11.8 Å². The number of methoxy groups -OCH3 is 1. The van der Waals surface area contributed by atoms with E-state index in [-0.39, 0.29) is 5.91 Å². The molecule has 0 aliphatic carbocycles. The van der Waals surface area contributed by atoms with Crippen LogP contribution in [0.1, 0.15) is 13.3 Å². The normalized spacial score (nSPS) is 22.3. The molecule has 2 rings (SSSR count). The fourth-order valence-corrected chi connectivity index (χ4v) is 3.01. The highest BCUT2D eigenvalue weighted by Gasteiger charge is 2.22. The summed E-state index contributed by atoms with van der Waals surface area (Å²) >= 11 is 1.55. The fourth-order valence-electron chi connectivity index (χ4n) is 2.30. The van der Waals surface area contributed by atoms with Crippen LogP contribution in [0.15, 0.2) is 29.2 Å². The van der Waals surface area contributed by atoms with Gasteiger partial charge in [0.05, 0.1) is 12.9 Å². The van der Waals surface area contributed by atoms with Crippen molar-refractivity contribution in [3.63, 3.8) is 0 Å². The molecule has 0 spiro atoms. The van der Waals surface area contributed by atoms with Crippen molar-refractivity contribution in [3.8, 4) is 5.75 Å². The number of hydrogen-bond donors (Lipinski definition) is 2. The van der Waals surface area contributed by atoms with Gasteiger partial charge in [0.2, 0.25) is 5.91 Å². The number of amides is 1. The van der Waals surface area contributed by atoms with Crippen LogP contribution < -0.4 is 15.4 Å². The molecule has 20 heavy (non-hydrogen) atoms. The third-order valence-corrected chi connectivity index (χ3v) is 4.57. The number of carbonyl (C=O) groups is 1. The van der Waals surface area contributed by atoms with E-state index in [2.05, 4.69) is 17.6 Å². The van der Waals surface area contributed by atoms with E-state index in [1.54, 1.807) is 18.9 Å². The second-order valence-electron chi connectivity index (χ2n) is 5.11. The topological polar surface area (TPSA) is 50.4 Å². The maximum atomic E-state index is 12.0. The summed E-state index contributed by atoms with van der Waals surface area (Å²) in [7, 11) is 1.65. The minimum absolute atomic E-state index is 0.115. The number of piperidine rings is 1. The van der Waals surface area contributed by atoms with Crippen LogP contribution in [-0.4, -0.2) is 37.9 Å². The Labute approximate surface area is 124 Å². The first-order valence-corrected chi connectivity index (χ1v) is 7.94. The second-order valence-corrected chi connectivity index (χ2v) is 6.16. The van der Waals surface area contributed by atoms with Crippen molar-refractivity contribution in [2.24, 2.45) is 5.92 Å². The number of benzene rings is 1. The molecule has 1 aromatic rings. The van der Waals surface area contributed by atoms with E-state index in [0.29, 0.717) is 17.7 Å². The molecule has 110 valence electrons. The molecular weight excluding hydrogens is 272 g/mol. The van der Waals surface area contributed by atoms with E-state index < -0.39 is 0 Å². The van der Waals surface area contributed by atoms with E-state index >= 15 is 0 Å². The molecule has 0 bridgehead atoms. The van der Waals surface area contributed by atoms with E-state index in [4.69, 9.17) is 4.74 Å². The average Bonchev–Trinajstić information content (AvgIpc) is 2.48. The molecule has 1 fully saturated rings. The lowest BCUT2D eigenvalue weighted by atomic mass is 9.95. The Balaban J connectivity index is 1.76. The van der Waals surface area contributed by atoms with E-state index in [0.717, 1.165) is 30.2 Å². The number of thioether (sulfide) groups is 1. The largest absolute Gasteiger partial charge is 0.497 e. The van der Waals surface area contributed by atoms with E-state index in [1.165, 1.54) is 0 Å². The predicted molar refractivity (Wildman–Crippen MR) is 82.3 cm³/mol. The summed E-state index contributed by atoms with van der Waals surface area (Å²) in [6.07, 6.45) is 1.01. The summed E-state index contributed by atoms with van der Waals surface area (Å²) in [6.45, 7) is 4.14. The SMILES string of the molecule is COc1ccc(SCC(=O)NC2CCNCC2C)cc1. The van der Waals surface area contributed by atoms with Crippen LogP contribution in [0.25, 0.3) is 0 Å². The molecule has 1 aliphatic rings. The summed E-state index contributed by atoms with van der Waals surface area (Å²) in [5.74, 6) is 1.91. The van der Waals surface area contributed by atoms with Crippen LogP contribution in [0.2, 0.25) is 0 Å². The first-order valence-electron chi connectivity index (χ1n) is 6.96. The lowest BCUT2D eigenvalue weighted by Crippen LogP contribution is -2.48. The lowest BCUT2D eigenvalue weighted by molar-refractivity contribution is -0.119. The Morgan fingerprint density at radius 1 is 1.45 bits per heavy atom. The van der Waals surface area contributed by atoms with Crippen molar-refractivity contribution in [3.05, 3.63) is 24.3 Å². The van der Waals surface area contributed by atoms with Gasteiger partial charge in [0.25, 0.3) is 0 Å². The van der Waals surface area contributed by atoms with Crippen molar-refractivity contribution >= 4 is 17.7 Å². The van der Waals surface area contributed by atoms with Crippen LogP contribution in [-0.2, 0) is 4.79 Å². The van der Waals surface area contributed by atoms with Gasteiger partial charge >= 0.3 is 0 Å². The van der Waals surface area contributed by atoms with E-state index in [1.807, 2.05) is 24.3 Å². The molecule has 0 aromatic heterocycles. The zero-order valence-electron chi connectivity index (χ0n) is 12.0. The van der Waals surface area contributed by atoms with E-state index in [9.17, 15) is 4.79 Å². The van der Waals surface area contributed by atoms with Crippen LogP contribution in [0.3, 0.4) is 0 Å². The molecule has 2 atom stereocenters. The average molecular weight is 294 g/mol. The van der Waals surface area contributed by atoms with Crippen LogP contribution in [0.4, 0.5) is 0 Å². The number of hydrogen-bond acceptors (Lipinski definition) is 4. The molecule has 1 aromatic carbocycles. The molecule has 2 unspecified atom stereocenters. The monoisotopic (exact) mass is 294 g/mol. The number of nitrogens with one attached hydrogen (secondary N) is 2. The van der Waals surface area contributed by atoms with Gasteiger partial charge in [-0.1, -0.05) is 6.92 Å². The summed E-state index contributed by atoms with van der Waals surface area (Å²) in [5, 5.41) is 6.47.